The molecule has 0 atom stereocenters. The predicted molar refractivity (Wildman–Crippen MR) is 101 cm³/mol. The molecule has 2 aromatic carbocycles. The maximum Gasteiger partial charge on any atom is 0.293 e. The van der Waals surface area contributed by atoms with Crippen molar-refractivity contribution in [3.05, 3.63) is 64.0 Å². The Hall–Kier alpha value is -3.00. The largest absolute Gasteiger partial charge is 0.360 e. The first-order valence-electron chi connectivity index (χ1n) is 8.82. The molecule has 0 aromatic heterocycles. The molecule has 1 aliphatic heterocycles. The molecule has 0 radical (unpaired) electrons. The zero-order valence-corrected chi connectivity index (χ0v) is 15.1. The van der Waals surface area contributed by atoms with Crippen LogP contribution in [0.1, 0.15) is 5.56 Å². The second kappa shape index (κ2) is 8.13. The molecule has 1 amide bonds. The van der Waals surface area contributed by atoms with Gasteiger partial charge in [-0.15, -0.1) is 0 Å². The lowest BCUT2D eigenvalue weighted by Gasteiger charge is -2.33. The van der Waals surface area contributed by atoms with Crippen molar-refractivity contribution in [2.24, 2.45) is 0 Å². The zero-order chi connectivity index (χ0) is 19.4. The summed E-state index contributed by atoms with van der Waals surface area (Å²) in [6, 6.07) is 11.1. The molecule has 0 saturated carbocycles. The molecule has 27 heavy (non-hydrogen) atoms. The highest BCUT2D eigenvalue weighted by Gasteiger charge is 2.24. The summed E-state index contributed by atoms with van der Waals surface area (Å²) < 4.78 is 13.0. The summed E-state index contributed by atoms with van der Waals surface area (Å²) in [7, 11) is 0. The minimum atomic E-state index is -0.489. The number of benzene rings is 2. The van der Waals surface area contributed by atoms with E-state index in [-0.39, 0.29) is 29.6 Å². The van der Waals surface area contributed by atoms with E-state index in [4.69, 9.17) is 0 Å². The van der Waals surface area contributed by atoms with Crippen molar-refractivity contribution in [3.63, 3.8) is 0 Å². The number of aryl methyl sites for hydroxylation is 1. The Kier molecular flexibility index (Phi) is 5.66. The van der Waals surface area contributed by atoms with Crippen LogP contribution >= 0.6 is 0 Å². The highest BCUT2D eigenvalue weighted by atomic mass is 19.1. The van der Waals surface area contributed by atoms with E-state index in [1.165, 1.54) is 18.2 Å². The van der Waals surface area contributed by atoms with Crippen molar-refractivity contribution in [2.45, 2.75) is 6.92 Å². The fraction of sp³-hybridized carbons (Fsp3) is 0.316. The third-order valence-electron chi connectivity index (χ3n) is 4.78. The summed E-state index contributed by atoms with van der Waals surface area (Å²) >= 11 is 0. The fourth-order valence-electron chi connectivity index (χ4n) is 3.29. The summed E-state index contributed by atoms with van der Waals surface area (Å²) in [5, 5.41) is 13.9. The maximum absolute atomic E-state index is 13.0. The number of piperazine rings is 1. The number of carbonyl (C=O) groups is 1. The number of halogens is 1. The van der Waals surface area contributed by atoms with E-state index >= 15 is 0 Å². The van der Waals surface area contributed by atoms with Crippen LogP contribution in [0.4, 0.5) is 21.5 Å². The van der Waals surface area contributed by atoms with Gasteiger partial charge in [0.15, 0.2) is 6.54 Å². The SMILES string of the molecule is Cc1cccc([N+](=O)[O-])c1NC(=O)C[NH+]1CCN(c2ccc(F)cc2)CC1. The van der Waals surface area contributed by atoms with E-state index in [2.05, 4.69) is 10.2 Å². The third-order valence-corrected chi connectivity index (χ3v) is 4.78. The number of amides is 1. The average molecular weight is 373 g/mol. The number of nitro groups is 1. The zero-order valence-electron chi connectivity index (χ0n) is 15.1. The van der Waals surface area contributed by atoms with E-state index in [0.717, 1.165) is 36.8 Å². The van der Waals surface area contributed by atoms with Crippen LogP contribution in [0, 0.1) is 22.9 Å². The lowest BCUT2D eigenvalue weighted by molar-refractivity contribution is -0.892. The van der Waals surface area contributed by atoms with Gasteiger partial charge in [0, 0.05) is 11.8 Å². The number of nitrogens with one attached hydrogen (secondary N) is 2. The van der Waals surface area contributed by atoms with Crippen molar-refractivity contribution in [1.29, 1.82) is 0 Å². The minimum absolute atomic E-state index is 0.0977. The van der Waals surface area contributed by atoms with Crippen LogP contribution in [0.5, 0.6) is 0 Å². The van der Waals surface area contributed by atoms with Crippen molar-refractivity contribution in [1.82, 2.24) is 0 Å². The lowest BCUT2D eigenvalue weighted by Crippen LogP contribution is -3.15. The normalized spacial score (nSPS) is 14.8. The Morgan fingerprint density at radius 1 is 1.22 bits per heavy atom. The van der Waals surface area contributed by atoms with Gasteiger partial charge in [-0.25, -0.2) is 4.39 Å². The van der Waals surface area contributed by atoms with Crippen molar-refractivity contribution >= 4 is 23.0 Å². The first kappa shape index (κ1) is 18.8. The highest BCUT2D eigenvalue weighted by molar-refractivity contribution is 5.94. The highest BCUT2D eigenvalue weighted by Crippen LogP contribution is 2.27. The van der Waals surface area contributed by atoms with Crippen LogP contribution in [-0.4, -0.2) is 43.6 Å². The van der Waals surface area contributed by atoms with E-state index in [0.29, 0.717) is 5.56 Å². The second-order valence-electron chi connectivity index (χ2n) is 6.66. The molecule has 142 valence electrons. The molecule has 8 heteroatoms. The summed E-state index contributed by atoms with van der Waals surface area (Å²) in [6.45, 7) is 5.04. The van der Waals surface area contributed by atoms with Crippen LogP contribution in [0.15, 0.2) is 42.5 Å². The number of anilines is 2. The standard InChI is InChI=1S/C19H21FN4O3/c1-14-3-2-4-17(24(26)27)19(14)21-18(25)13-22-9-11-23(12-10-22)16-7-5-15(20)6-8-16/h2-8H,9-13H2,1H3,(H,21,25)/p+1. The van der Waals surface area contributed by atoms with Crippen LogP contribution < -0.4 is 15.1 Å². The number of carbonyl (C=O) groups excluding carboxylic acids is 1. The number of rotatable bonds is 5. The van der Waals surface area contributed by atoms with Crippen LogP contribution in [0.2, 0.25) is 0 Å². The van der Waals surface area contributed by atoms with Gasteiger partial charge in [-0.1, -0.05) is 12.1 Å². The molecule has 1 saturated heterocycles. The van der Waals surface area contributed by atoms with Crippen molar-refractivity contribution < 1.29 is 19.0 Å². The minimum Gasteiger partial charge on any atom is -0.360 e. The Balaban J connectivity index is 1.56. The quantitative estimate of drug-likeness (QED) is 0.613. The number of hydrogen-bond acceptors (Lipinski definition) is 4. The van der Waals surface area contributed by atoms with E-state index in [1.807, 2.05) is 0 Å². The molecule has 0 aliphatic carbocycles. The molecular weight excluding hydrogens is 351 g/mol. The van der Waals surface area contributed by atoms with Gasteiger partial charge in [0.05, 0.1) is 31.1 Å². The second-order valence-corrected chi connectivity index (χ2v) is 6.66. The molecule has 1 fully saturated rings. The first-order valence-corrected chi connectivity index (χ1v) is 8.82. The molecule has 0 unspecified atom stereocenters. The van der Waals surface area contributed by atoms with Gasteiger partial charge in [0.2, 0.25) is 0 Å². The average Bonchev–Trinajstić information content (AvgIpc) is 2.64. The summed E-state index contributed by atoms with van der Waals surface area (Å²) in [6.07, 6.45) is 0. The monoisotopic (exact) mass is 373 g/mol. The molecule has 1 heterocycles. The topological polar surface area (TPSA) is 79.9 Å². The Bertz CT molecular complexity index is 833. The first-order chi connectivity index (χ1) is 12.9. The predicted octanol–water partition coefficient (Wildman–Crippen LogP) is 1.39. The number of hydrogen-bond donors (Lipinski definition) is 2. The molecule has 2 aromatic rings. The fourth-order valence-corrected chi connectivity index (χ4v) is 3.29. The van der Waals surface area contributed by atoms with Gasteiger partial charge in [0.1, 0.15) is 11.5 Å². The summed E-state index contributed by atoms with van der Waals surface area (Å²) in [5.41, 5.74) is 1.79. The number of nitrogens with zero attached hydrogens (tertiary/aromatic N) is 2. The van der Waals surface area contributed by atoms with Crippen LogP contribution in [0.25, 0.3) is 0 Å². The van der Waals surface area contributed by atoms with Crippen LogP contribution in [-0.2, 0) is 4.79 Å². The van der Waals surface area contributed by atoms with Crippen molar-refractivity contribution in [2.75, 3.05) is 42.9 Å². The summed E-state index contributed by atoms with van der Waals surface area (Å²) in [4.78, 5) is 26.3. The van der Waals surface area contributed by atoms with E-state index in [9.17, 15) is 19.3 Å². The van der Waals surface area contributed by atoms with Gasteiger partial charge in [-0.2, -0.15) is 0 Å². The lowest BCUT2D eigenvalue weighted by atomic mass is 10.1. The number of nitro benzene ring substituents is 1. The van der Waals surface area contributed by atoms with Gasteiger partial charge in [0.25, 0.3) is 11.6 Å². The molecule has 0 bridgehead atoms. The van der Waals surface area contributed by atoms with Gasteiger partial charge >= 0.3 is 0 Å². The van der Waals surface area contributed by atoms with Gasteiger partial charge < -0.3 is 15.1 Å². The molecule has 0 spiro atoms. The third kappa shape index (κ3) is 4.59. The molecule has 3 rings (SSSR count). The number of para-hydroxylation sites is 1. The maximum atomic E-state index is 13.0. The molecule has 2 N–H and O–H groups in total. The Morgan fingerprint density at radius 3 is 2.52 bits per heavy atom. The van der Waals surface area contributed by atoms with Crippen molar-refractivity contribution in [3.8, 4) is 0 Å². The van der Waals surface area contributed by atoms with E-state index in [1.54, 1.807) is 31.2 Å². The van der Waals surface area contributed by atoms with Gasteiger partial charge in [-0.3, -0.25) is 14.9 Å². The number of quaternary nitrogens is 1. The Labute approximate surface area is 156 Å². The summed E-state index contributed by atoms with van der Waals surface area (Å²) in [5.74, 6) is -0.498. The van der Waals surface area contributed by atoms with Gasteiger partial charge in [-0.05, 0) is 36.8 Å². The van der Waals surface area contributed by atoms with E-state index < -0.39 is 4.92 Å². The smallest absolute Gasteiger partial charge is 0.293 e. The molecule has 7 nitrogen and oxygen atoms in total. The Morgan fingerprint density at radius 2 is 1.89 bits per heavy atom. The molecule has 1 aliphatic rings. The van der Waals surface area contributed by atoms with Crippen LogP contribution in [0.3, 0.4) is 0 Å². The molecular formula is C19H22FN4O3+.